The van der Waals surface area contributed by atoms with Crippen LogP contribution < -0.4 is 10.1 Å². The van der Waals surface area contributed by atoms with Gasteiger partial charge in [0, 0.05) is 10.5 Å². The summed E-state index contributed by atoms with van der Waals surface area (Å²) in [5, 5.41) is 12.6. The van der Waals surface area contributed by atoms with Gasteiger partial charge in [-0.25, -0.2) is 0 Å². The Morgan fingerprint density at radius 1 is 1.24 bits per heavy atom. The van der Waals surface area contributed by atoms with E-state index in [1.165, 1.54) is 5.56 Å². The van der Waals surface area contributed by atoms with Crippen LogP contribution in [0.5, 0.6) is 5.75 Å². The standard InChI is InChI=1S/C17H17BrN2O/c1-12(10-13-6-8-15(18)9-7-13)20-17-14(11-19)4-3-5-16(17)21-2/h3-9,12,20H,10H2,1-2H3. The van der Waals surface area contributed by atoms with Gasteiger partial charge in [-0.2, -0.15) is 5.26 Å². The molecule has 0 aliphatic heterocycles. The summed E-state index contributed by atoms with van der Waals surface area (Å²) in [5.41, 5.74) is 2.59. The van der Waals surface area contributed by atoms with E-state index in [-0.39, 0.29) is 6.04 Å². The molecule has 0 fully saturated rings. The Kier molecular flexibility index (Phi) is 5.24. The van der Waals surface area contributed by atoms with E-state index < -0.39 is 0 Å². The highest BCUT2D eigenvalue weighted by molar-refractivity contribution is 9.10. The number of anilines is 1. The maximum atomic E-state index is 9.22. The molecule has 0 aliphatic carbocycles. The summed E-state index contributed by atoms with van der Waals surface area (Å²) >= 11 is 3.43. The zero-order valence-electron chi connectivity index (χ0n) is 12.1. The van der Waals surface area contributed by atoms with Crippen molar-refractivity contribution in [2.24, 2.45) is 0 Å². The summed E-state index contributed by atoms with van der Waals surface area (Å²) in [5.74, 6) is 0.691. The third-order valence-corrected chi connectivity index (χ3v) is 3.74. The van der Waals surface area contributed by atoms with Gasteiger partial charge >= 0.3 is 0 Å². The Balaban J connectivity index is 2.14. The first-order valence-corrected chi connectivity index (χ1v) is 7.51. The van der Waals surface area contributed by atoms with Gasteiger partial charge in [-0.05, 0) is 43.2 Å². The van der Waals surface area contributed by atoms with Crippen molar-refractivity contribution in [2.75, 3.05) is 12.4 Å². The Hall–Kier alpha value is -1.99. The van der Waals surface area contributed by atoms with E-state index in [1.54, 1.807) is 13.2 Å². The minimum Gasteiger partial charge on any atom is -0.495 e. The molecule has 108 valence electrons. The van der Waals surface area contributed by atoms with Crippen molar-refractivity contribution in [1.82, 2.24) is 0 Å². The molecular formula is C17H17BrN2O. The molecule has 2 rings (SSSR count). The lowest BCUT2D eigenvalue weighted by Crippen LogP contribution is -2.19. The number of rotatable bonds is 5. The number of methoxy groups -OCH3 is 1. The zero-order chi connectivity index (χ0) is 15.2. The molecule has 0 heterocycles. The van der Waals surface area contributed by atoms with Gasteiger partial charge < -0.3 is 10.1 Å². The van der Waals surface area contributed by atoms with Crippen molar-refractivity contribution in [3.63, 3.8) is 0 Å². The summed E-state index contributed by atoms with van der Waals surface area (Å²) in [6.45, 7) is 2.09. The molecule has 4 heteroatoms. The fraction of sp³-hybridized carbons (Fsp3) is 0.235. The van der Waals surface area contributed by atoms with E-state index in [9.17, 15) is 5.26 Å². The molecule has 0 saturated heterocycles. The third kappa shape index (κ3) is 3.99. The van der Waals surface area contributed by atoms with Crippen LogP contribution in [0.1, 0.15) is 18.1 Å². The van der Waals surface area contributed by atoms with Crippen LogP contribution in [0.2, 0.25) is 0 Å². The van der Waals surface area contributed by atoms with E-state index in [1.807, 2.05) is 24.3 Å². The second kappa shape index (κ2) is 7.14. The van der Waals surface area contributed by atoms with Crippen molar-refractivity contribution in [2.45, 2.75) is 19.4 Å². The molecule has 1 unspecified atom stereocenters. The van der Waals surface area contributed by atoms with Gasteiger partial charge in [0.15, 0.2) is 0 Å². The van der Waals surface area contributed by atoms with Gasteiger partial charge in [0.1, 0.15) is 11.8 Å². The van der Waals surface area contributed by atoms with Gasteiger partial charge in [0.2, 0.25) is 0 Å². The topological polar surface area (TPSA) is 45.0 Å². The maximum absolute atomic E-state index is 9.22. The number of ether oxygens (including phenoxy) is 1. The largest absolute Gasteiger partial charge is 0.495 e. The molecule has 3 nitrogen and oxygen atoms in total. The van der Waals surface area contributed by atoms with Crippen LogP contribution in [0, 0.1) is 11.3 Å². The van der Waals surface area contributed by atoms with Crippen molar-refractivity contribution in [3.05, 3.63) is 58.1 Å². The van der Waals surface area contributed by atoms with Crippen LogP contribution in [0.15, 0.2) is 46.9 Å². The highest BCUT2D eigenvalue weighted by atomic mass is 79.9. The summed E-state index contributed by atoms with van der Waals surface area (Å²) in [7, 11) is 1.61. The molecule has 0 spiro atoms. The number of nitrogens with zero attached hydrogens (tertiary/aromatic N) is 1. The molecule has 0 saturated carbocycles. The fourth-order valence-electron chi connectivity index (χ4n) is 2.21. The van der Waals surface area contributed by atoms with Crippen molar-refractivity contribution in [3.8, 4) is 11.8 Å². The Labute approximate surface area is 133 Å². The monoisotopic (exact) mass is 344 g/mol. The lowest BCUT2D eigenvalue weighted by molar-refractivity contribution is 0.416. The highest BCUT2D eigenvalue weighted by Gasteiger charge is 2.12. The number of nitriles is 1. The van der Waals surface area contributed by atoms with Crippen LogP contribution in [0.4, 0.5) is 5.69 Å². The van der Waals surface area contributed by atoms with E-state index in [0.717, 1.165) is 16.6 Å². The van der Waals surface area contributed by atoms with Gasteiger partial charge in [0.25, 0.3) is 0 Å². The second-order valence-electron chi connectivity index (χ2n) is 4.87. The van der Waals surface area contributed by atoms with E-state index in [4.69, 9.17) is 4.74 Å². The Morgan fingerprint density at radius 2 is 1.95 bits per heavy atom. The number of nitrogens with one attached hydrogen (secondary N) is 1. The van der Waals surface area contributed by atoms with Crippen LogP contribution in [0.3, 0.4) is 0 Å². The first-order chi connectivity index (χ1) is 10.1. The zero-order valence-corrected chi connectivity index (χ0v) is 13.6. The SMILES string of the molecule is COc1cccc(C#N)c1NC(C)Cc1ccc(Br)cc1. The first kappa shape index (κ1) is 15.4. The van der Waals surface area contributed by atoms with E-state index in [0.29, 0.717) is 11.3 Å². The van der Waals surface area contributed by atoms with Gasteiger partial charge in [-0.15, -0.1) is 0 Å². The van der Waals surface area contributed by atoms with Crippen LogP contribution in [-0.2, 0) is 6.42 Å². The van der Waals surface area contributed by atoms with Crippen LogP contribution >= 0.6 is 15.9 Å². The number of halogens is 1. The molecule has 2 aromatic rings. The van der Waals surface area contributed by atoms with Crippen molar-refractivity contribution in [1.29, 1.82) is 5.26 Å². The minimum atomic E-state index is 0.189. The predicted octanol–water partition coefficient (Wildman–Crippen LogP) is 4.37. The molecule has 21 heavy (non-hydrogen) atoms. The second-order valence-corrected chi connectivity index (χ2v) is 5.79. The predicted molar refractivity (Wildman–Crippen MR) is 88.6 cm³/mol. The van der Waals surface area contributed by atoms with Gasteiger partial charge in [-0.3, -0.25) is 0 Å². The Bertz CT molecular complexity index is 647. The molecule has 0 aliphatic rings. The maximum Gasteiger partial charge on any atom is 0.143 e. The molecular weight excluding hydrogens is 328 g/mol. The van der Waals surface area contributed by atoms with Gasteiger partial charge in [0.05, 0.1) is 18.4 Å². The quantitative estimate of drug-likeness (QED) is 0.875. The molecule has 0 bridgehead atoms. The highest BCUT2D eigenvalue weighted by Crippen LogP contribution is 2.28. The third-order valence-electron chi connectivity index (χ3n) is 3.21. The fourth-order valence-corrected chi connectivity index (χ4v) is 2.48. The normalized spacial score (nSPS) is 11.5. The molecule has 1 atom stereocenters. The molecule has 2 aromatic carbocycles. The average molecular weight is 345 g/mol. The number of benzene rings is 2. The number of hydrogen-bond donors (Lipinski definition) is 1. The van der Waals surface area contributed by atoms with Crippen molar-refractivity contribution < 1.29 is 4.74 Å². The van der Waals surface area contributed by atoms with Gasteiger partial charge in [-0.1, -0.05) is 34.1 Å². The summed E-state index contributed by atoms with van der Waals surface area (Å²) < 4.78 is 6.41. The molecule has 0 radical (unpaired) electrons. The van der Waals surface area contributed by atoms with Crippen LogP contribution in [-0.4, -0.2) is 13.2 Å². The van der Waals surface area contributed by atoms with E-state index >= 15 is 0 Å². The average Bonchev–Trinajstić information content (AvgIpc) is 2.49. The number of para-hydroxylation sites is 1. The van der Waals surface area contributed by atoms with E-state index in [2.05, 4.69) is 46.4 Å². The summed E-state index contributed by atoms with van der Waals surface area (Å²) in [6, 6.07) is 16.1. The lowest BCUT2D eigenvalue weighted by atomic mass is 10.1. The summed E-state index contributed by atoms with van der Waals surface area (Å²) in [6.07, 6.45) is 0.871. The number of hydrogen-bond acceptors (Lipinski definition) is 3. The Morgan fingerprint density at radius 3 is 2.57 bits per heavy atom. The molecule has 0 amide bonds. The van der Waals surface area contributed by atoms with Crippen LogP contribution in [0.25, 0.3) is 0 Å². The smallest absolute Gasteiger partial charge is 0.143 e. The summed E-state index contributed by atoms with van der Waals surface area (Å²) in [4.78, 5) is 0. The first-order valence-electron chi connectivity index (χ1n) is 6.72. The van der Waals surface area contributed by atoms with Crippen molar-refractivity contribution >= 4 is 21.6 Å². The molecule has 0 aromatic heterocycles. The lowest BCUT2D eigenvalue weighted by Gasteiger charge is -2.18. The minimum absolute atomic E-state index is 0.189. The molecule has 1 N–H and O–H groups in total.